The minimum atomic E-state index is -1.60. The lowest BCUT2D eigenvalue weighted by molar-refractivity contribution is -0.189. The van der Waals surface area contributed by atoms with Gasteiger partial charge >= 0.3 is 11.9 Å². The van der Waals surface area contributed by atoms with Crippen LogP contribution >= 0.6 is 0 Å². The molecular formula is C18H29NO6. The van der Waals surface area contributed by atoms with Gasteiger partial charge in [0.05, 0.1) is 35.7 Å². The van der Waals surface area contributed by atoms with Crippen LogP contribution in [-0.4, -0.2) is 70.6 Å². The number of esters is 2. The minimum Gasteiger partial charge on any atom is -0.465 e. The number of carbonyl (C=O) groups excluding carboxylic acids is 2. The Morgan fingerprint density at radius 2 is 2.00 bits per heavy atom. The number of cyclic esters (lactones) is 1. The Hall–Kier alpha value is -1.18. The molecule has 0 aromatic carbocycles. The molecule has 3 aliphatic rings. The van der Waals surface area contributed by atoms with E-state index < -0.39 is 35.0 Å². The van der Waals surface area contributed by atoms with Crippen LogP contribution in [0.4, 0.5) is 0 Å². The van der Waals surface area contributed by atoms with E-state index in [0.717, 1.165) is 6.54 Å². The molecule has 3 rings (SSSR count). The van der Waals surface area contributed by atoms with Crippen molar-refractivity contribution in [3.63, 3.8) is 0 Å². The summed E-state index contributed by atoms with van der Waals surface area (Å²) in [5.41, 5.74) is -2.83. The molecule has 0 radical (unpaired) electrons. The fourth-order valence-corrected chi connectivity index (χ4v) is 4.54. The summed E-state index contributed by atoms with van der Waals surface area (Å²) in [5.74, 6) is -2.22. The smallest absolute Gasteiger partial charge is 0.315 e. The number of nitrogens with zero attached hydrogens (tertiary/aromatic N) is 1. The molecule has 0 aliphatic carbocycles. The predicted molar refractivity (Wildman–Crippen MR) is 88.5 cm³/mol. The van der Waals surface area contributed by atoms with Crippen LogP contribution in [0.25, 0.3) is 0 Å². The highest BCUT2D eigenvalue weighted by Gasteiger charge is 2.58. The third kappa shape index (κ3) is 2.67. The fourth-order valence-electron chi connectivity index (χ4n) is 4.54. The van der Waals surface area contributed by atoms with Gasteiger partial charge in [-0.3, -0.25) is 14.5 Å². The van der Waals surface area contributed by atoms with Crippen molar-refractivity contribution < 1.29 is 29.3 Å². The van der Waals surface area contributed by atoms with Crippen LogP contribution < -0.4 is 0 Å². The number of aliphatic hydroxyl groups is 2. The van der Waals surface area contributed by atoms with E-state index in [9.17, 15) is 19.8 Å². The zero-order valence-corrected chi connectivity index (χ0v) is 15.4. The summed E-state index contributed by atoms with van der Waals surface area (Å²) >= 11 is 0. The molecule has 3 heterocycles. The van der Waals surface area contributed by atoms with Crippen molar-refractivity contribution in [1.29, 1.82) is 0 Å². The molecule has 0 aromatic rings. The molecule has 0 saturated carbocycles. The number of carbonyl (C=O) groups is 2. The Morgan fingerprint density at radius 3 is 2.64 bits per heavy atom. The molecule has 3 aliphatic heterocycles. The molecule has 0 amide bonds. The van der Waals surface area contributed by atoms with Crippen LogP contribution in [0.5, 0.6) is 0 Å². The van der Waals surface area contributed by atoms with Gasteiger partial charge in [0.25, 0.3) is 0 Å². The number of rotatable bonds is 1. The number of aliphatic hydroxyl groups excluding tert-OH is 1. The minimum absolute atomic E-state index is 0.0679. The summed E-state index contributed by atoms with van der Waals surface area (Å²) in [6.45, 7) is 7.82. The summed E-state index contributed by atoms with van der Waals surface area (Å²) in [5, 5.41) is 21.4. The van der Waals surface area contributed by atoms with Gasteiger partial charge in [0.2, 0.25) is 0 Å². The van der Waals surface area contributed by atoms with Gasteiger partial charge in [0, 0.05) is 19.0 Å². The van der Waals surface area contributed by atoms with Crippen LogP contribution in [0.2, 0.25) is 0 Å². The van der Waals surface area contributed by atoms with Crippen LogP contribution in [0, 0.1) is 17.3 Å². The molecule has 3 saturated heterocycles. The van der Waals surface area contributed by atoms with Gasteiger partial charge in [-0.25, -0.2) is 0 Å². The topological polar surface area (TPSA) is 96.3 Å². The third-order valence-corrected chi connectivity index (χ3v) is 7.01. The van der Waals surface area contributed by atoms with Crippen molar-refractivity contribution in [3.05, 3.63) is 0 Å². The first kappa shape index (κ1) is 18.6. The number of hydrogen-bond acceptors (Lipinski definition) is 7. The fraction of sp³-hybridized carbons (Fsp3) is 0.889. The lowest BCUT2D eigenvalue weighted by atomic mass is 9.66. The second-order valence-electron chi connectivity index (χ2n) is 8.13. The lowest BCUT2D eigenvalue weighted by Gasteiger charge is -2.43. The average molecular weight is 355 g/mol. The quantitative estimate of drug-likeness (QED) is 0.654. The summed E-state index contributed by atoms with van der Waals surface area (Å²) in [6.07, 6.45) is 0.0474. The van der Waals surface area contributed by atoms with E-state index in [0.29, 0.717) is 19.4 Å². The molecule has 7 heteroatoms. The van der Waals surface area contributed by atoms with Crippen molar-refractivity contribution in [1.82, 2.24) is 4.90 Å². The van der Waals surface area contributed by atoms with Gasteiger partial charge in [-0.05, 0) is 33.6 Å². The average Bonchev–Trinajstić information content (AvgIpc) is 3.08. The van der Waals surface area contributed by atoms with Gasteiger partial charge in [-0.1, -0.05) is 6.92 Å². The maximum atomic E-state index is 13.0. The van der Waals surface area contributed by atoms with Gasteiger partial charge < -0.3 is 19.7 Å². The third-order valence-electron chi connectivity index (χ3n) is 7.01. The van der Waals surface area contributed by atoms with Crippen molar-refractivity contribution in [2.75, 3.05) is 19.7 Å². The summed E-state index contributed by atoms with van der Waals surface area (Å²) < 4.78 is 11.3. The molecule has 7 nitrogen and oxygen atoms in total. The molecule has 0 unspecified atom stereocenters. The molecule has 142 valence electrons. The molecule has 3 fully saturated rings. The second kappa shape index (κ2) is 6.21. The number of ether oxygens (including phenoxy) is 2. The van der Waals surface area contributed by atoms with Gasteiger partial charge in [0.1, 0.15) is 6.10 Å². The Balaban J connectivity index is 1.99. The largest absolute Gasteiger partial charge is 0.465 e. The highest BCUT2D eigenvalue weighted by molar-refractivity contribution is 5.81. The number of hydrogen-bond donors (Lipinski definition) is 2. The van der Waals surface area contributed by atoms with Gasteiger partial charge in [-0.2, -0.15) is 0 Å². The molecule has 0 spiro atoms. The zero-order chi connectivity index (χ0) is 18.6. The second-order valence-corrected chi connectivity index (χ2v) is 8.13. The van der Waals surface area contributed by atoms with Crippen molar-refractivity contribution in [2.45, 2.75) is 64.4 Å². The van der Waals surface area contributed by atoms with E-state index in [1.165, 1.54) is 6.92 Å². The van der Waals surface area contributed by atoms with Crippen molar-refractivity contribution in [3.8, 4) is 0 Å². The van der Waals surface area contributed by atoms with E-state index in [-0.39, 0.29) is 24.7 Å². The van der Waals surface area contributed by atoms with Crippen LogP contribution in [0.1, 0.15) is 40.5 Å². The van der Waals surface area contributed by atoms with E-state index in [4.69, 9.17) is 9.47 Å². The van der Waals surface area contributed by atoms with Gasteiger partial charge in [-0.15, -0.1) is 0 Å². The maximum Gasteiger partial charge on any atom is 0.315 e. The monoisotopic (exact) mass is 355 g/mol. The summed E-state index contributed by atoms with van der Waals surface area (Å²) in [6, 6.07) is -0.147. The standard InChI is InChI=1S/C18H29NO6/c1-5-17(3)16(22)25-13-6-7-19-8-12(20)11(14(13)19)9-24-15(21)10(2)18(17,4)23/h10-14,20,23H,5-9H2,1-4H3/t10-,11-,12+,13-,14-,17+,18+/m1/s1. The molecule has 2 N–H and O–H groups in total. The highest BCUT2D eigenvalue weighted by Crippen LogP contribution is 2.44. The highest BCUT2D eigenvalue weighted by atomic mass is 16.6. The Bertz CT molecular complexity index is 564. The zero-order valence-electron chi connectivity index (χ0n) is 15.4. The first-order chi connectivity index (χ1) is 11.6. The predicted octanol–water partition coefficient (Wildman–Crippen LogP) is 0.323. The molecule has 0 bridgehead atoms. The lowest BCUT2D eigenvalue weighted by Crippen LogP contribution is -2.56. The molecule has 0 aromatic heterocycles. The Kier molecular flexibility index (Phi) is 4.62. The molecule has 7 atom stereocenters. The Morgan fingerprint density at radius 1 is 1.32 bits per heavy atom. The van der Waals surface area contributed by atoms with Gasteiger partial charge in [0.15, 0.2) is 0 Å². The molecular weight excluding hydrogens is 326 g/mol. The normalized spacial score (nSPS) is 48.5. The van der Waals surface area contributed by atoms with Crippen LogP contribution in [-0.2, 0) is 19.1 Å². The molecule has 25 heavy (non-hydrogen) atoms. The first-order valence-corrected chi connectivity index (χ1v) is 9.15. The van der Waals surface area contributed by atoms with Crippen LogP contribution in [0.15, 0.2) is 0 Å². The van der Waals surface area contributed by atoms with E-state index in [1.54, 1.807) is 20.8 Å². The Labute approximate surface area is 148 Å². The SMILES string of the molecule is CC[C@@]1(C)C(=O)O[C@@H]2CCN3C[C@H](O)[C@@H](COC(=O)[C@@H](C)[C@]1(C)O)[C@H]23. The van der Waals surface area contributed by atoms with Crippen molar-refractivity contribution in [2.24, 2.45) is 17.3 Å². The first-order valence-electron chi connectivity index (χ1n) is 9.15. The summed E-state index contributed by atoms with van der Waals surface area (Å²) in [4.78, 5) is 27.6. The van der Waals surface area contributed by atoms with E-state index in [2.05, 4.69) is 4.90 Å². The maximum absolute atomic E-state index is 13.0. The van der Waals surface area contributed by atoms with Crippen LogP contribution in [0.3, 0.4) is 0 Å². The summed E-state index contributed by atoms with van der Waals surface area (Å²) in [7, 11) is 0. The van der Waals surface area contributed by atoms with E-state index >= 15 is 0 Å². The van der Waals surface area contributed by atoms with E-state index in [1.807, 2.05) is 0 Å². The van der Waals surface area contributed by atoms with Crippen molar-refractivity contribution >= 4 is 11.9 Å².